The predicted molar refractivity (Wildman–Crippen MR) is 132 cm³/mol. The fourth-order valence-corrected chi connectivity index (χ4v) is 5.62. The van der Waals surface area contributed by atoms with E-state index >= 15 is 0 Å². The minimum atomic E-state index is -3.53. The van der Waals surface area contributed by atoms with Crippen LogP contribution in [0.1, 0.15) is 32.6 Å². The van der Waals surface area contributed by atoms with Crippen LogP contribution in [-0.4, -0.2) is 59.5 Å². The summed E-state index contributed by atoms with van der Waals surface area (Å²) in [6, 6.07) is 12.5. The van der Waals surface area contributed by atoms with Crippen molar-refractivity contribution in [3.63, 3.8) is 0 Å². The normalized spacial score (nSPS) is 16.0. The molecule has 1 atom stereocenters. The van der Waals surface area contributed by atoms with Gasteiger partial charge in [-0.05, 0) is 67.8 Å². The van der Waals surface area contributed by atoms with Crippen LogP contribution in [0.15, 0.2) is 53.4 Å². The van der Waals surface area contributed by atoms with Crippen LogP contribution in [0.25, 0.3) is 0 Å². The molecule has 3 rings (SSSR count). The fraction of sp³-hybridized carbons (Fsp3) is 0.435. The zero-order chi connectivity index (χ0) is 24.9. The number of hydrogen-bond donors (Lipinski definition) is 1. The van der Waals surface area contributed by atoms with Gasteiger partial charge in [-0.25, -0.2) is 16.8 Å². The minimum Gasteiger partial charge on any atom is -0.481 e. The van der Waals surface area contributed by atoms with Crippen LogP contribution < -0.4 is 14.4 Å². The van der Waals surface area contributed by atoms with Crippen LogP contribution >= 0.6 is 0 Å². The van der Waals surface area contributed by atoms with Gasteiger partial charge < -0.3 is 10.1 Å². The molecule has 0 bridgehead atoms. The molecule has 2 aromatic carbocycles. The van der Waals surface area contributed by atoms with Crippen molar-refractivity contribution in [2.75, 3.05) is 36.0 Å². The van der Waals surface area contributed by atoms with E-state index in [9.17, 15) is 21.6 Å². The van der Waals surface area contributed by atoms with E-state index in [1.807, 2.05) is 6.92 Å². The first-order valence-corrected chi connectivity index (χ1v) is 14.4. The second kappa shape index (κ2) is 10.7. The van der Waals surface area contributed by atoms with Crippen molar-refractivity contribution in [1.29, 1.82) is 0 Å². The summed E-state index contributed by atoms with van der Waals surface area (Å²) in [6.07, 6.45) is 3.50. The Bertz CT molecular complexity index is 1190. The third kappa shape index (κ3) is 6.28. The molecule has 0 spiro atoms. The highest BCUT2D eigenvalue weighted by molar-refractivity contribution is 7.92. The van der Waals surface area contributed by atoms with Gasteiger partial charge in [0.1, 0.15) is 5.75 Å². The highest BCUT2D eigenvalue weighted by Crippen LogP contribution is 2.24. The number of sulfonamides is 2. The Kier molecular flexibility index (Phi) is 8.21. The molecular formula is C23H31N3O6S2. The number of ether oxygens (including phenoxy) is 1. The average molecular weight is 510 g/mol. The molecule has 11 heteroatoms. The molecule has 1 saturated heterocycles. The molecule has 2 aromatic rings. The van der Waals surface area contributed by atoms with Crippen molar-refractivity contribution in [1.82, 2.24) is 4.31 Å². The van der Waals surface area contributed by atoms with Gasteiger partial charge >= 0.3 is 0 Å². The van der Waals surface area contributed by atoms with Crippen LogP contribution in [0, 0.1) is 0 Å². The Labute approximate surface area is 201 Å². The van der Waals surface area contributed by atoms with Crippen LogP contribution in [0.5, 0.6) is 5.75 Å². The summed E-state index contributed by atoms with van der Waals surface area (Å²) in [5, 5.41) is 2.76. The van der Waals surface area contributed by atoms with Gasteiger partial charge in [0, 0.05) is 25.8 Å². The number of carbonyl (C=O) groups excluding carboxylic acids is 1. The number of hydrogen-bond acceptors (Lipinski definition) is 6. The first-order chi connectivity index (χ1) is 16.0. The summed E-state index contributed by atoms with van der Waals surface area (Å²) in [5.74, 6) is 0.0575. The molecule has 0 unspecified atom stereocenters. The molecule has 0 aromatic heterocycles. The number of nitrogens with zero attached hydrogens (tertiary/aromatic N) is 2. The van der Waals surface area contributed by atoms with Gasteiger partial charge in [-0.15, -0.1) is 0 Å². The van der Waals surface area contributed by atoms with Crippen LogP contribution in [0.4, 0.5) is 11.4 Å². The van der Waals surface area contributed by atoms with Gasteiger partial charge in [0.2, 0.25) is 20.0 Å². The summed E-state index contributed by atoms with van der Waals surface area (Å²) in [4.78, 5) is 12.9. The van der Waals surface area contributed by atoms with E-state index in [1.54, 1.807) is 36.4 Å². The summed E-state index contributed by atoms with van der Waals surface area (Å²) in [5.41, 5.74) is 0.946. The summed E-state index contributed by atoms with van der Waals surface area (Å²) in [6.45, 7) is 2.87. The van der Waals surface area contributed by atoms with E-state index < -0.39 is 26.2 Å². The predicted octanol–water partition coefficient (Wildman–Crippen LogP) is 3.05. The van der Waals surface area contributed by atoms with Gasteiger partial charge in [-0.3, -0.25) is 9.10 Å². The smallest absolute Gasteiger partial charge is 0.265 e. The summed E-state index contributed by atoms with van der Waals surface area (Å²) >= 11 is 0. The highest BCUT2D eigenvalue weighted by atomic mass is 32.2. The zero-order valence-electron chi connectivity index (χ0n) is 19.6. The standard InChI is InChI=1S/C23H31N3O6S2/c1-4-22(32-20-12-10-19(11-13-20)25(2)33(3,28)29)23(27)24-18-8-14-21(15-9-18)34(30,31)26-16-6-5-7-17-26/h8-15,22H,4-7,16-17H2,1-3H3,(H,24,27)/t22-/m0/s1. The van der Waals surface area contributed by atoms with Gasteiger partial charge in [-0.2, -0.15) is 4.31 Å². The lowest BCUT2D eigenvalue weighted by Crippen LogP contribution is -2.35. The number of benzene rings is 2. The van der Waals surface area contributed by atoms with Crippen LogP contribution in [0.2, 0.25) is 0 Å². The van der Waals surface area contributed by atoms with Crippen molar-refractivity contribution in [2.45, 2.75) is 43.6 Å². The van der Waals surface area contributed by atoms with Crippen LogP contribution in [-0.2, 0) is 24.8 Å². The van der Waals surface area contributed by atoms with E-state index in [0.29, 0.717) is 36.6 Å². The maximum absolute atomic E-state index is 12.8. The number of nitrogens with one attached hydrogen (secondary N) is 1. The highest BCUT2D eigenvalue weighted by Gasteiger charge is 2.26. The molecular weight excluding hydrogens is 478 g/mol. The number of anilines is 2. The monoisotopic (exact) mass is 509 g/mol. The molecule has 1 heterocycles. The quantitative estimate of drug-likeness (QED) is 0.556. The lowest BCUT2D eigenvalue weighted by Gasteiger charge is -2.26. The molecule has 9 nitrogen and oxygen atoms in total. The second-order valence-electron chi connectivity index (χ2n) is 8.22. The molecule has 1 fully saturated rings. The number of piperidine rings is 1. The van der Waals surface area contributed by atoms with Crippen molar-refractivity contribution >= 4 is 37.3 Å². The Morgan fingerprint density at radius 2 is 1.59 bits per heavy atom. The second-order valence-corrected chi connectivity index (χ2v) is 12.2. The van der Waals surface area contributed by atoms with E-state index in [4.69, 9.17) is 4.74 Å². The lowest BCUT2D eigenvalue weighted by atomic mass is 10.2. The van der Waals surface area contributed by atoms with E-state index in [1.165, 1.54) is 23.5 Å². The third-order valence-electron chi connectivity index (χ3n) is 5.71. The molecule has 1 N–H and O–H groups in total. The fourth-order valence-electron chi connectivity index (χ4n) is 3.60. The summed E-state index contributed by atoms with van der Waals surface area (Å²) in [7, 11) is -5.45. The minimum absolute atomic E-state index is 0.204. The summed E-state index contributed by atoms with van der Waals surface area (Å²) < 4.78 is 57.3. The molecule has 34 heavy (non-hydrogen) atoms. The van der Waals surface area contributed by atoms with E-state index in [-0.39, 0.29) is 10.8 Å². The Morgan fingerprint density at radius 3 is 2.12 bits per heavy atom. The van der Waals surface area contributed by atoms with Crippen molar-refractivity contribution in [2.24, 2.45) is 0 Å². The molecule has 0 radical (unpaired) electrons. The zero-order valence-corrected chi connectivity index (χ0v) is 21.2. The molecule has 0 saturated carbocycles. The molecule has 1 aliphatic heterocycles. The molecule has 0 aliphatic carbocycles. The van der Waals surface area contributed by atoms with Crippen LogP contribution in [0.3, 0.4) is 0 Å². The maximum atomic E-state index is 12.8. The third-order valence-corrected chi connectivity index (χ3v) is 8.83. The Hall–Kier alpha value is -2.63. The van der Waals surface area contributed by atoms with E-state index in [2.05, 4.69) is 5.32 Å². The van der Waals surface area contributed by atoms with Gasteiger partial charge in [-0.1, -0.05) is 13.3 Å². The topological polar surface area (TPSA) is 113 Å². The van der Waals surface area contributed by atoms with Gasteiger partial charge in [0.15, 0.2) is 6.10 Å². The first kappa shape index (κ1) is 26.0. The number of carbonyl (C=O) groups is 1. The largest absolute Gasteiger partial charge is 0.481 e. The lowest BCUT2D eigenvalue weighted by molar-refractivity contribution is -0.122. The molecule has 186 valence electrons. The molecule has 1 amide bonds. The average Bonchev–Trinajstić information content (AvgIpc) is 2.82. The number of rotatable bonds is 9. The van der Waals surface area contributed by atoms with Gasteiger partial charge in [0.25, 0.3) is 5.91 Å². The molecule has 1 aliphatic rings. The van der Waals surface area contributed by atoms with Gasteiger partial charge in [0.05, 0.1) is 16.8 Å². The van der Waals surface area contributed by atoms with Crippen molar-refractivity contribution in [3.05, 3.63) is 48.5 Å². The van der Waals surface area contributed by atoms with Crippen molar-refractivity contribution in [3.8, 4) is 5.75 Å². The Morgan fingerprint density at radius 1 is 1.00 bits per heavy atom. The Balaban J connectivity index is 1.63. The first-order valence-electron chi connectivity index (χ1n) is 11.1. The number of amides is 1. The van der Waals surface area contributed by atoms with Crippen molar-refractivity contribution < 1.29 is 26.4 Å². The van der Waals surface area contributed by atoms with E-state index in [0.717, 1.165) is 29.8 Å². The maximum Gasteiger partial charge on any atom is 0.265 e. The SMILES string of the molecule is CC[C@H](Oc1ccc(N(C)S(C)(=O)=O)cc1)C(=O)Nc1ccc(S(=O)(=O)N2CCCCC2)cc1.